The van der Waals surface area contributed by atoms with Crippen molar-refractivity contribution < 1.29 is 4.79 Å². The molecule has 0 fully saturated rings. The van der Waals surface area contributed by atoms with Crippen LogP contribution in [0, 0.1) is 6.92 Å². The summed E-state index contributed by atoms with van der Waals surface area (Å²) < 4.78 is 2.01. The van der Waals surface area contributed by atoms with Gasteiger partial charge in [-0.3, -0.25) is 4.79 Å². The molecule has 5 heteroatoms. The molecule has 2 rings (SSSR count). The van der Waals surface area contributed by atoms with Crippen LogP contribution in [0.1, 0.15) is 27.2 Å². The summed E-state index contributed by atoms with van der Waals surface area (Å²) in [6, 6.07) is 5.50. The van der Waals surface area contributed by atoms with Gasteiger partial charge in [-0.1, -0.05) is 6.07 Å². The third kappa shape index (κ3) is 3.20. The summed E-state index contributed by atoms with van der Waals surface area (Å²) in [5.74, 6) is -0.400. The van der Waals surface area contributed by atoms with E-state index in [9.17, 15) is 4.79 Å². The maximum Gasteiger partial charge on any atom is 0.248 e. The number of aryl methyl sites for hydroxylation is 1. The van der Waals surface area contributed by atoms with Crippen LogP contribution < -0.4 is 11.5 Å². The molecule has 0 unspecified atom stereocenters. The molecule has 4 N–H and O–H groups in total. The molecule has 0 saturated carbocycles. The van der Waals surface area contributed by atoms with Gasteiger partial charge in [0.25, 0.3) is 0 Å². The van der Waals surface area contributed by atoms with Gasteiger partial charge >= 0.3 is 0 Å². The molecule has 0 saturated heterocycles. The molecular formula is C14H18N4O. The lowest BCUT2D eigenvalue weighted by molar-refractivity contribution is 0.1000. The van der Waals surface area contributed by atoms with E-state index in [0.29, 0.717) is 12.1 Å². The molecule has 1 aromatic heterocycles. The van der Waals surface area contributed by atoms with Crippen molar-refractivity contribution in [3.05, 3.63) is 53.1 Å². The van der Waals surface area contributed by atoms with Crippen molar-refractivity contribution in [3.8, 4) is 0 Å². The van der Waals surface area contributed by atoms with E-state index in [2.05, 4.69) is 4.98 Å². The fourth-order valence-corrected chi connectivity index (χ4v) is 1.99. The zero-order valence-corrected chi connectivity index (χ0v) is 11.0. The topological polar surface area (TPSA) is 86.9 Å². The number of hydrogen-bond donors (Lipinski definition) is 2. The number of nitrogens with zero attached hydrogens (tertiary/aromatic N) is 2. The molecule has 19 heavy (non-hydrogen) atoms. The first kappa shape index (κ1) is 13.3. The zero-order chi connectivity index (χ0) is 13.8. The minimum absolute atomic E-state index is 0.400. The maximum atomic E-state index is 11.1. The molecule has 0 aliphatic rings. The lowest BCUT2D eigenvalue weighted by Crippen LogP contribution is -2.11. The number of primary amides is 1. The van der Waals surface area contributed by atoms with Crippen molar-refractivity contribution in [2.24, 2.45) is 11.5 Å². The van der Waals surface area contributed by atoms with E-state index in [1.165, 1.54) is 0 Å². The van der Waals surface area contributed by atoms with Crippen LogP contribution in [0.25, 0.3) is 0 Å². The molecule has 2 aromatic rings. The number of carbonyl (C=O) groups excluding carboxylic acids is 1. The summed E-state index contributed by atoms with van der Waals surface area (Å²) in [5.41, 5.74) is 14.5. The largest absolute Gasteiger partial charge is 0.366 e. The number of rotatable bonds is 5. The quantitative estimate of drug-likeness (QED) is 0.833. The fraction of sp³-hybridized carbons (Fsp3) is 0.286. The lowest BCUT2D eigenvalue weighted by Gasteiger charge is -2.07. The molecule has 0 atom stereocenters. The van der Waals surface area contributed by atoms with Crippen molar-refractivity contribution in [1.82, 2.24) is 9.55 Å². The van der Waals surface area contributed by atoms with Crippen molar-refractivity contribution in [2.75, 3.05) is 6.54 Å². The van der Waals surface area contributed by atoms with Gasteiger partial charge < -0.3 is 16.0 Å². The Balaban J connectivity index is 2.16. The van der Waals surface area contributed by atoms with E-state index in [0.717, 1.165) is 29.8 Å². The van der Waals surface area contributed by atoms with Crippen LogP contribution in [0.3, 0.4) is 0 Å². The predicted molar refractivity (Wildman–Crippen MR) is 73.8 cm³/mol. The monoisotopic (exact) mass is 258 g/mol. The smallest absolute Gasteiger partial charge is 0.248 e. The first-order chi connectivity index (χ1) is 9.10. The minimum Gasteiger partial charge on any atom is -0.366 e. The number of amides is 1. The second-order valence-corrected chi connectivity index (χ2v) is 4.58. The Morgan fingerprint density at radius 1 is 1.42 bits per heavy atom. The molecule has 0 bridgehead atoms. The predicted octanol–water partition coefficient (Wildman–Crippen LogP) is 0.840. The number of aromatic nitrogens is 2. The SMILES string of the molecule is Cc1cc(C(N)=O)ccc1Cn1cnc(CCN)c1. The zero-order valence-electron chi connectivity index (χ0n) is 11.0. The van der Waals surface area contributed by atoms with Gasteiger partial charge in [-0.05, 0) is 36.7 Å². The van der Waals surface area contributed by atoms with Crippen LogP contribution in [0.4, 0.5) is 0 Å². The first-order valence-corrected chi connectivity index (χ1v) is 6.20. The van der Waals surface area contributed by atoms with Gasteiger partial charge in [0, 0.05) is 24.7 Å². The second kappa shape index (κ2) is 5.67. The number of nitrogens with two attached hydrogens (primary N) is 2. The van der Waals surface area contributed by atoms with Crippen molar-refractivity contribution in [1.29, 1.82) is 0 Å². The average Bonchev–Trinajstić information content (AvgIpc) is 2.79. The highest BCUT2D eigenvalue weighted by Crippen LogP contribution is 2.13. The Morgan fingerprint density at radius 2 is 2.21 bits per heavy atom. The number of hydrogen-bond acceptors (Lipinski definition) is 3. The fourth-order valence-electron chi connectivity index (χ4n) is 1.99. The minimum atomic E-state index is -0.400. The summed E-state index contributed by atoms with van der Waals surface area (Å²) in [6.07, 6.45) is 4.58. The van der Waals surface area contributed by atoms with Crippen molar-refractivity contribution in [2.45, 2.75) is 19.9 Å². The lowest BCUT2D eigenvalue weighted by atomic mass is 10.0. The van der Waals surface area contributed by atoms with Crippen LogP contribution in [-0.4, -0.2) is 22.0 Å². The van der Waals surface area contributed by atoms with Gasteiger partial charge in [0.15, 0.2) is 0 Å². The summed E-state index contributed by atoms with van der Waals surface area (Å²) in [4.78, 5) is 15.4. The Kier molecular flexibility index (Phi) is 3.97. The summed E-state index contributed by atoms with van der Waals surface area (Å²) >= 11 is 0. The molecule has 0 aliphatic heterocycles. The van der Waals surface area contributed by atoms with E-state index < -0.39 is 5.91 Å². The van der Waals surface area contributed by atoms with Crippen LogP contribution in [0.2, 0.25) is 0 Å². The highest BCUT2D eigenvalue weighted by molar-refractivity contribution is 5.93. The highest BCUT2D eigenvalue weighted by Gasteiger charge is 2.05. The van der Waals surface area contributed by atoms with Gasteiger partial charge in [-0.25, -0.2) is 4.98 Å². The molecule has 0 aliphatic carbocycles. The van der Waals surface area contributed by atoms with E-state index in [4.69, 9.17) is 11.5 Å². The van der Waals surface area contributed by atoms with Crippen molar-refractivity contribution in [3.63, 3.8) is 0 Å². The van der Waals surface area contributed by atoms with Crippen molar-refractivity contribution >= 4 is 5.91 Å². The molecular weight excluding hydrogens is 240 g/mol. The Morgan fingerprint density at radius 3 is 2.84 bits per heavy atom. The van der Waals surface area contributed by atoms with Gasteiger partial charge in [0.05, 0.1) is 12.0 Å². The third-order valence-corrected chi connectivity index (χ3v) is 3.07. The third-order valence-electron chi connectivity index (χ3n) is 3.07. The highest BCUT2D eigenvalue weighted by atomic mass is 16.1. The summed E-state index contributed by atoms with van der Waals surface area (Å²) in [5, 5.41) is 0. The molecule has 1 aromatic carbocycles. The van der Waals surface area contributed by atoms with Gasteiger partial charge in [-0.15, -0.1) is 0 Å². The average molecular weight is 258 g/mol. The molecule has 1 amide bonds. The number of imidazole rings is 1. The van der Waals surface area contributed by atoms with E-state index in [-0.39, 0.29) is 0 Å². The van der Waals surface area contributed by atoms with E-state index in [1.54, 1.807) is 12.4 Å². The summed E-state index contributed by atoms with van der Waals surface area (Å²) in [7, 11) is 0. The number of carbonyl (C=O) groups is 1. The maximum absolute atomic E-state index is 11.1. The molecule has 5 nitrogen and oxygen atoms in total. The Hall–Kier alpha value is -2.14. The van der Waals surface area contributed by atoms with Crippen LogP contribution in [-0.2, 0) is 13.0 Å². The van der Waals surface area contributed by atoms with Gasteiger partial charge in [0.1, 0.15) is 0 Å². The first-order valence-electron chi connectivity index (χ1n) is 6.20. The normalized spacial score (nSPS) is 10.6. The number of benzene rings is 1. The second-order valence-electron chi connectivity index (χ2n) is 4.58. The Labute approximate surface area is 112 Å². The van der Waals surface area contributed by atoms with Crippen LogP contribution in [0.5, 0.6) is 0 Å². The van der Waals surface area contributed by atoms with Crippen LogP contribution >= 0.6 is 0 Å². The molecule has 0 spiro atoms. The molecule has 100 valence electrons. The molecule has 0 radical (unpaired) electrons. The Bertz CT molecular complexity index is 589. The van der Waals surface area contributed by atoms with Gasteiger partial charge in [0.2, 0.25) is 5.91 Å². The van der Waals surface area contributed by atoms with Gasteiger partial charge in [-0.2, -0.15) is 0 Å². The van der Waals surface area contributed by atoms with E-state index >= 15 is 0 Å². The standard InChI is InChI=1S/C14H18N4O/c1-10-6-11(14(16)19)2-3-12(10)7-18-8-13(4-5-15)17-9-18/h2-3,6,8-9H,4-5,7,15H2,1H3,(H2,16,19). The molecule has 1 heterocycles. The van der Waals surface area contributed by atoms with Crippen LogP contribution in [0.15, 0.2) is 30.7 Å². The van der Waals surface area contributed by atoms with E-state index in [1.807, 2.05) is 29.8 Å². The summed E-state index contributed by atoms with van der Waals surface area (Å²) in [6.45, 7) is 3.30.